The molecule has 0 bridgehead atoms. The van der Waals surface area contributed by atoms with Gasteiger partial charge in [-0.3, -0.25) is 0 Å². The zero-order chi connectivity index (χ0) is 12.2. The minimum atomic E-state index is -4.23. The molecule has 0 atom stereocenters. The van der Waals surface area contributed by atoms with Crippen LogP contribution in [0.2, 0.25) is 5.15 Å². The van der Waals surface area contributed by atoms with Crippen LogP contribution in [0.4, 0.5) is 13.2 Å². The van der Waals surface area contributed by atoms with Crippen LogP contribution in [0.15, 0.2) is 6.33 Å². The van der Waals surface area contributed by atoms with E-state index in [1.165, 1.54) is 0 Å². The van der Waals surface area contributed by atoms with Gasteiger partial charge in [0.1, 0.15) is 11.5 Å². The van der Waals surface area contributed by atoms with Crippen LogP contribution in [0.3, 0.4) is 0 Å². The zero-order valence-corrected chi connectivity index (χ0v) is 9.27. The van der Waals surface area contributed by atoms with Gasteiger partial charge >= 0.3 is 6.18 Å². The predicted molar refractivity (Wildman–Crippen MR) is 52.6 cm³/mol. The molecule has 0 fully saturated rings. The van der Waals surface area contributed by atoms with Crippen LogP contribution in [-0.2, 0) is 6.42 Å². The van der Waals surface area contributed by atoms with Crippen molar-refractivity contribution in [3.05, 3.63) is 17.0 Å². The SMILES string of the molecule is CCc1c(Cl)ncnc1OCCC(F)(F)F. The van der Waals surface area contributed by atoms with Crippen molar-refractivity contribution in [2.24, 2.45) is 0 Å². The summed E-state index contributed by atoms with van der Waals surface area (Å²) in [5.74, 6) is 0.117. The first-order valence-electron chi connectivity index (χ1n) is 4.63. The molecular weight excluding hydrogens is 245 g/mol. The smallest absolute Gasteiger partial charge is 0.392 e. The Kier molecular flexibility index (Phi) is 4.35. The average Bonchev–Trinajstić information content (AvgIpc) is 2.16. The second-order valence-electron chi connectivity index (χ2n) is 3.02. The predicted octanol–water partition coefficient (Wildman–Crippen LogP) is 3.02. The summed E-state index contributed by atoms with van der Waals surface area (Å²) in [4.78, 5) is 7.46. The van der Waals surface area contributed by atoms with Crippen molar-refractivity contribution in [1.82, 2.24) is 9.97 Å². The molecule has 0 radical (unpaired) electrons. The summed E-state index contributed by atoms with van der Waals surface area (Å²) < 4.78 is 40.6. The molecular formula is C9H10ClF3N2O. The number of aromatic nitrogens is 2. The lowest BCUT2D eigenvalue weighted by Crippen LogP contribution is -2.14. The van der Waals surface area contributed by atoms with E-state index in [0.717, 1.165) is 6.33 Å². The molecule has 0 unspecified atom stereocenters. The minimum Gasteiger partial charge on any atom is -0.477 e. The van der Waals surface area contributed by atoms with Crippen molar-refractivity contribution >= 4 is 11.6 Å². The molecule has 0 amide bonds. The molecule has 0 aliphatic heterocycles. The van der Waals surface area contributed by atoms with Gasteiger partial charge in [0.05, 0.1) is 18.6 Å². The number of hydrogen-bond donors (Lipinski definition) is 0. The number of rotatable bonds is 4. The molecule has 1 aromatic rings. The first-order valence-corrected chi connectivity index (χ1v) is 5.00. The monoisotopic (exact) mass is 254 g/mol. The van der Waals surface area contributed by atoms with Gasteiger partial charge in [-0.25, -0.2) is 9.97 Å². The van der Waals surface area contributed by atoms with Crippen molar-refractivity contribution in [3.63, 3.8) is 0 Å². The standard InChI is InChI=1S/C9H10ClF3N2O/c1-2-6-7(10)14-5-15-8(6)16-4-3-9(11,12)13/h5H,2-4H2,1H3. The highest BCUT2D eigenvalue weighted by Crippen LogP contribution is 2.24. The van der Waals surface area contributed by atoms with Gasteiger partial charge in [-0.05, 0) is 6.42 Å². The lowest BCUT2D eigenvalue weighted by molar-refractivity contribution is -0.139. The Balaban J connectivity index is 2.64. The van der Waals surface area contributed by atoms with Crippen molar-refractivity contribution < 1.29 is 17.9 Å². The first kappa shape index (κ1) is 13.0. The molecule has 90 valence electrons. The first-order chi connectivity index (χ1) is 7.44. The van der Waals surface area contributed by atoms with E-state index in [2.05, 4.69) is 9.97 Å². The Morgan fingerprint density at radius 1 is 1.38 bits per heavy atom. The highest BCUT2D eigenvalue weighted by Gasteiger charge is 2.27. The third-order valence-electron chi connectivity index (χ3n) is 1.83. The second-order valence-corrected chi connectivity index (χ2v) is 3.37. The van der Waals surface area contributed by atoms with Crippen LogP contribution in [0.5, 0.6) is 5.88 Å². The number of nitrogens with zero attached hydrogens (tertiary/aromatic N) is 2. The van der Waals surface area contributed by atoms with E-state index in [1.54, 1.807) is 6.92 Å². The molecule has 0 saturated carbocycles. The maximum absolute atomic E-state index is 11.9. The summed E-state index contributed by atoms with van der Waals surface area (Å²) in [5.41, 5.74) is 0.520. The fourth-order valence-corrected chi connectivity index (χ4v) is 1.32. The number of hydrogen-bond acceptors (Lipinski definition) is 3. The Bertz CT molecular complexity index is 357. The number of ether oxygens (including phenoxy) is 1. The fourth-order valence-electron chi connectivity index (χ4n) is 1.06. The van der Waals surface area contributed by atoms with Crippen LogP contribution in [0, 0.1) is 0 Å². The molecule has 0 aliphatic rings. The number of alkyl halides is 3. The summed E-state index contributed by atoms with van der Waals surface area (Å²) in [5, 5.41) is 0.208. The maximum Gasteiger partial charge on any atom is 0.392 e. The molecule has 1 heterocycles. The van der Waals surface area contributed by atoms with Gasteiger partial charge in [-0.2, -0.15) is 13.2 Å². The molecule has 1 rings (SSSR count). The molecule has 0 aromatic carbocycles. The topological polar surface area (TPSA) is 35.0 Å². The highest BCUT2D eigenvalue weighted by atomic mass is 35.5. The summed E-state index contributed by atoms with van der Waals surface area (Å²) in [7, 11) is 0. The molecule has 7 heteroatoms. The van der Waals surface area contributed by atoms with Crippen LogP contribution in [-0.4, -0.2) is 22.8 Å². The van der Waals surface area contributed by atoms with Crippen LogP contribution < -0.4 is 4.74 Å². The van der Waals surface area contributed by atoms with Crippen molar-refractivity contribution in [1.29, 1.82) is 0 Å². The van der Waals surface area contributed by atoms with E-state index < -0.39 is 19.2 Å². The molecule has 0 N–H and O–H groups in total. The van der Waals surface area contributed by atoms with E-state index in [9.17, 15) is 13.2 Å². The Labute approximate surface area is 95.6 Å². The second kappa shape index (κ2) is 5.34. The van der Waals surface area contributed by atoms with E-state index in [1.807, 2.05) is 0 Å². The van der Waals surface area contributed by atoms with Gasteiger partial charge in [0.25, 0.3) is 0 Å². The van der Waals surface area contributed by atoms with Crippen LogP contribution >= 0.6 is 11.6 Å². The van der Waals surface area contributed by atoms with Gasteiger partial charge in [-0.1, -0.05) is 18.5 Å². The fraction of sp³-hybridized carbons (Fsp3) is 0.556. The Morgan fingerprint density at radius 3 is 2.62 bits per heavy atom. The lowest BCUT2D eigenvalue weighted by Gasteiger charge is -2.10. The van der Waals surface area contributed by atoms with Crippen molar-refractivity contribution in [2.75, 3.05) is 6.61 Å². The van der Waals surface area contributed by atoms with E-state index in [-0.39, 0.29) is 11.0 Å². The Hall–Kier alpha value is -1.04. The van der Waals surface area contributed by atoms with Gasteiger partial charge in [-0.15, -0.1) is 0 Å². The van der Waals surface area contributed by atoms with Crippen molar-refractivity contribution in [2.45, 2.75) is 25.9 Å². The molecule has 0 saturated heterocycles. The minimum absolute atomic E-state index is 0.117. The largest absolute Gasteiger partial charge is 0.477 e. The summed E-state index contributed by atoms with van der Waals surface area (Å²) in [6.07, 6.45) is -3.59. The summed E-state index contributed by atoms with van der Waals surface area (Å²) in [6.45, 7) is 1.32. The quantitative estimate of drug-likeness (QED) is 0.775. The average molecular weight is 255 g/mol. The van der Waals surface area contributed by atoms with E-state index in [4.69, 9.17) is 16.3 Å². The van der Waals surface area contributed by atoms with Crippen LogP contribution in [0.1, 0.15) is 18.9 Å². The molecule has 0 spiro atoms. The summed E-state index contributed by atoms with van der Waals surface area (Å²) in [6, 6.07) is 0. The highest BCUT2D eigenvalue weighted by molar-refractivity contribution is 6.30. The summed E-state index contributed by atoms with van der Waals surface area (Å²) >= 11 is 5.75. The third kappa shape index (κ3) is 3.84. The van der Waals surface area contributed by atoms with Gasteiger partial charge in [0, 0.05) is 0 Å². The maximum atomic E-state index is 11.9. The number of halogens is 4. The molecule has 1 aromatic heterocycles. The van der Waals surface area contributed by atoms with Gasteiger partial charge in [0.15, 0.2) is 0 Å². The third-order valence-corrected chi connectivity index (χ3v) is 2.16. The van der Waals surface area contributed by atoms with E-state index in [0.29, 0.717) is 12.0 Å². The molecule has 0 aliphatic carbocycles. The van der Waals surface area contributed by atoms with E-state index >= 15 is 0 Å². The van der Waals surface area contributed by atoms with Gasteiger partial charge < -0.3 is 4.74 Å². The Morgan fingerprint density at radius 2 is 2.06 bits per heavy atom. The van der Waals surface area contributed by atoms with Crippen molar-refractivity contribution in [3.8, 4) is 5.88 Å². The van der Waals surface area contributed by atoms with Gasteiger partial charge in [0.2, 0.25) is 5.88 Å². The van der Waals surface area contributed by atoms with Crippen LogP contribution in [0.25, 0.3) is 0 Å². The molecule has 16 heavy (non-hydrogen) atoms. The zero-order valence-electron chi connectivity index (χ0n) is 8.51. The molecule has 3 nitrogen and oxygen atoms in total. The lowest BCUT2D eigenvalue weighted by atomic mass is 10.2. The normalized spacial score (nSPS) is 11.6.